The number of benzene rings is 1. The molecule has 2 rings (SSSR count). The third-order valence-corrected chi connectivity index (χ3v) is 4.04. The lowest BCUT2D eigenvalue weighted by Crippen LogP contribution is -2.41. The fourth-order valence-electron chi connectivity index (χ4n) is 2.33. The van der Waals surface area contributed by atoms with Crippen LogP contribution in [0, 0.1) is 5.92 Å². The summed E-state index contributed by atoms with van der Waals surface area (Å²) in [6.07, 6.45) is 4.33. The molecule has 23 heavy (non-hydrogen) atoms. The maximum absolute atomic E-state index is 12.5. The van der Waals surface area contributed by atoms with Crippen LogP contribution in [-0.2, 0) is 0 Å². The van der Waals surface area contributed by atoms with Crippen LogP contribution in [0.5, 0.6) is 5.75 Å². The summed E-state index contributed by atoms with van der Waals surface area (Å²) in [5.41, 5.74) is 1.19. The number of hydrogen-bond donors (Lipinski definition) is 2. The molecule has 0 fully saturated rings. The van der Waals surface area contributed by atoms with Crippen LogP contribution in [0.2, 0.25) is 0 Å². The average Bonchev–Trinajstić information content (AvgIpc) is 3.12. The molecule has 0 radical (unpaired) electrons. The van der Waals surface area contributed by atoms with Gasteiger partial charge < -0.3 is 15.2 Å². The van der Waals surface area contributed by atoms with E-state index in [1.54, 1.807) is 48.5 Å². The molecule has 0 spiro atoms. The van der Waals surface area contributed by atoms with Crippen molar-refractivity contribution in [2.24, 2.45) is 5.92 Å². The van der Waals surface area contributed by atoms with Gasteiger partial charge in [0.1, 0.15) is 11.4 Å². The first kappa shape index (κ1) is 17.0. The normalized spacial score (nSPS) is 13.4. The highest BCUT2D eigenvalue weighted by atomic mass is 16.5. The van der Waals surface area contributed by atoms with E-state index < -0.39 is 0 Å². The molecule has 0 aliphatic rings. The topological polar surface area (TPSA) is 76.4 Å². The van der Waals surface area contributed by atoms with Crippen LogP contribution >= 0.6 is 0 Å². The van der Waals surface area contributed by atoms with E-state index in [2.05, 4.69) is 10.4 Å². The van der Waals surface area contributed by atoms with Gasteiger partial charge >= 0.3 is 0 Å². The fourth-order valence-corrected chi connectivity index (χ4v) is 2.33. The molecule has 2 aromatic rings. The van der Waals surface area contributed by atoms with Gasteiger partial charge in [0.15, 0.2) is 0 Å². The smallest absolute Gasteiger partial charge is 0.251 e. The van der Waals surface area contributed by atoms with Crippen molar-refractivity contribution >= 4 is 5.91 Å². The number of aliphatic hydroxyl groups excluding tert-OH is 1. The van der Waals surface area contributed by atoms with Gasteiger partial charge in [-0.25, -0.2) is 4.68 Å². The lowest BCUT2D eigenvalue weighted by atomic mass is 9.99. The van der Waals surface area contributed by atoms with Crippen molar-refractivity contribution in [2.75, 3.05) is 13.7 Å². The highest BCUT2D eigenvalue weighted by Crippen LogP contribution is 2.23. The van der Waals surface area contributed by atoms with Crippen molar-refractivity contribution in [1.29, 1.82) is 0 Å². The Kier molecular flexibility index (Phi) is 5.76. The third-order valence-electron chi connectivity index (χ3n) is 4.04. The monoisotopic (exact) mass is 317 g/mol. The number of hydrogen-bond acceptors (Lipinski definition) is 4. The van der Waals surface area contributed by atoms with Crippen LogP contribution in [0.25, 0.3) is 5.69 Å². The number of aliphatic hydroxyl groups is 1. The summed E-state index contributed by atoms with van der Waals surface area (Å²) in [6.45, 7) is 3.95. The number of aromatic nitrogens is 2. The van der Waals surface area contributed by atoms with Gasteiger partial charge in [-0.1, -0.05) is 20.3 Å². The molecule has 1 amide bonds. The Hall–Kier alpha value is -2.34. The van der Waals surface area contributed by atoms with Crippen molar-refractivity contribution in [3.8, 4) is 11.4 Å². The Morgan fingerprint density at radius 3 is 2.83 bits per heavy atom. The summed E-state index contributed by atoms with van der Waals surface area (Å²) in [4.78, 5) is 12.5. The number of carbonyl (C=O) groups is 1. The van der Waals surface area contributed by atoms with Crippen molar-refractivity contribution in [3.63, 3.8) is 0 Å². The minimum atomic E-state index is -0.261. The number of nitrogens with zero attached hydrogens (tertiary/aromatic N) is 2. The molecule has 1 aromatic carbocycles. The zero-order chi connectivity index (χ0) is 16.8. The maximum atomic E-state index is 12.5. The number of nitrogens with one attached hydrogen (secondary N) is 1. The van der Waals surface area contributed by atoms with Crippen LogP contribution in [-0.4, -0.2) is 40.6 Å². The number of methoxy groups -OCH3 is 1. The molecule has 6 heteroatoms. The SMILES string of the molecule is CCC(C)C(CO)NC(=O)c1ccc(OC)c(-n2cccn2)c1. The predicted octanol–water partition coefficient (Wildman–Crippen LogP) is 2.02. The van der Waals surface area contributed by atoms with E-state index in [1.807, 2.05) is 13.8 Å². The molecule has 0 aliphatic heterocycles. The Labute approximate surface area is 136 Å². The van der Waals surface area contributed by atoms with Gasteiger partial charge in [-0.15, -0.1) is 0 Å². The van der Waals surface area contributed by atoms with Crippen molar-refractivity contribution in [1.82, 2.24) is 15.1 Å². The summed E-state index contributed by atoms with van der Waals surface area (Å²) in [5, 5.41) is 16.5. The average molecular weight is 317 g/mol. The second-order valence-corrected chi connectivity index (χ2v) is 5.49. The molecule has 6 nitrogen and oxygen atoms in total. The number of carbonyl (C=O) groups excluding carboxylic acids is 1. The Balaban J connectivity index is 2.26. The minimum absolute atomic E-state index is 0.0804. The predicted molar refractivity (Wildman–Crippen MR) is 87.9 cm³/mol. The van der Waals surface area contributed by atoms with E-state index in [9.17, 15) is 9.90 Å². The molecule has 0 aliphatic carbocycles. The fraction of sp³-hybridized carbons (Fsp3) is 0.412. The molecular formula is C17H23N3O3. The van der Waals surface area contributed by atoms with Crippen molar-refractivity contribution in [2.45, 2.75) is 26.3 Å². The highest BCUT2D eigenvalue weighted by molar-refractivity contribution is 5.95. The Morgan fingerprint density at radius 1 is 1.48 bits per heavy atom. The molecule has 124 valence electrons. The summed E-state index contributed by atoms with van der Waals surface area (Å²) in [7, 11) is 1.58. The second-order valence-electron chi connectivity index (χ2n) is 5.49. The minimum Gasteiger partial charge on any atom is -0.494 e. The molecule has 1 heterocycles. The van der Waals surface area contributed by atoms with Crippen LogP contribution in [0.3, 0.4) is 0 Å². The van der Waals surface area contributed by atoms with Gasteiger partial charge in [0.05, 0.1) is 19.8 Å². The molecule has 2 N–H and O–H groups in total. The zero-order valence-corrected chi connectivity index (χ0v) is 13.7. The largest absolute Gasteiger partial charge is 0.494 e. The standard InChI is InChI=1S/C17H23N3O3/c1-4-12(2)14(11-21)19-17(22)13-6-7-16(23-3)15(10-13)20-9-5-8-18-20/h5-10,12,14,21H,4,11H2,1-3H3,(H,19,22). The first-order valence-electron chi connectivity index (χ1n) is 7.70. The van der Waals surface area contributed by atoms with Crippen molar-refractivity contribution < 1.29 is 14.6 Å². The first-order valence-corrected chi connectivity index (χ1v) is 7.70. The summed E-state index contributed by atoms with van der Waals surface area (Å²) in [6, 6.07) is 6.71. The van der Waals surface area contributed by atoms with Gasteiger partial charge in [0.2, 0.25) is 0 Å². The molecular weight excluding hydrogens is 294 g/mol. The summed E-state index contributed by atoms with van der Waals surface area (Å²) < 4.78 is 6.98. The molecule has 1 aromatic heterocycles. The van der Waals surface area contributed by atoms with Gasteiger partial charge in [0, 0.05) is 18.0 Å². The Bertz CT molecular complexity index is 641. The Morgan fingerprint density at radius 2 is 2.26 bits per heavy atom. The number of amides is 1. The quantitative estimate of drug-likeness (QED) is 0.819. The van der Waals surface area contributed by atoms with Crippen LogP contribution in [0.4, 0.5) is 0 Å². The molecule has 0 saturated carbocycles. The molecule has 2 atom stereocenters. The van der Waals surface area contributed by atoms with Gasteiger partial charge in [0.25, 0.3) is 5.91 Å². The second kappa shape index (κ2) is 7.78. The van der Waals surface area contributed by atoms with Crippen LogP contribution < -0.4 is 10.1 Å². The van der Waals surface area contributed by atoms with Crippen molar-refractivity contribution in [3.05, 3.63) is 42.2 Å². The summed E-state index contributed by atoms with van der Waals surface area (Å²) >= 11 is 0. The molecule has 0 bridgehead atoms. The lowest BCUT2D eigenvalue weighted by molar-refractivity contribution is 0.0891. The molecule has 2 unspecified atom stereocenters. The van der Waals surface area contributed by atoms with Gasteiger partial charge in [-0.05, 0) is 30.2 Å². The maximum Gasteiger partial charge on any atom is 0.251 e. The number of ether oxygens (including phenoxy) is 1. The van der Waals surface area contributed by atoms with Gasteiger partial charge in [-0.2, -0.15) is 5.10 Å². The first-order chi connectivity index (χ1) is 11.1. The third kappa shape index (κ3) is 3.90. The lowest BCUT2D eigenvalue weighted by Gasteiger charge is -2.22. The van der Waals surface area contributed by atoms with E-state index >= 15 is 0 Å². The van der Waals surface area contributed by atoms with E-state index in [0.29, 0.717) is 17.0 Å². The van der Waals surface area contributed by atoms with E-state index in [-0.39, 0.29) is 24.5 Å². The summed E-state index contributed by atoms with van der Waals surface area (Å²) in [5.74, 6) is 0.610. The highest BCUT2D eigenvalue weighted by Gasteiger charge is 2.19. The van der Waals surface area contributed by atoms with E-state index in [0.717, 1.165) is 6.42 Å². The molecule has 0 saturated heterocycles. The zero-order valence-electron chi connectivity index (χ0n) is 13.7. The van der Waals surface area contributed by atoms with Crippen LogP contribution in [0.15, 0.2) is 36.7 Å². The van der Waals surface area contributed by atoms with E-state index in [1.165, 1.54) is 0 Å². The number of rotatable bonds is 7. The van der Waals surface area contributed by atoms with E-state index in [4.69, 9.17) is 4.74 Å². The van der Waals surface area contributed by atoms with Crippen LogP contribution in [0.1, 0.15) is 30.6 Å². The van der Waals surface area contributed by atoms with Gasteiger partial charge in [-0.3, -0.25) is 4.79 Å².